The second kappa shape index (κ2) is 7.32. The molecule has 0 aliphatic heterocycles. The monoisotopic (exact) mass is 250 g/mol. The van der Waals surface area contributed by atoms with Crippen molar-refractivity contribution in [2.45, 2.75) is 27.7 Å². The van der Waals surface area contributed by atoms with E-state index in [0.29, 0.717) is 17.1 Å². The Morgan fingerprint density at radius 3 is 2.06 bits per heavy atom. The first kappa shape index (κ1) is 16.0. The fraction of sp³-hybridized carbons (Fsp3) is 0.385. The molecule has 0 bridgehead atoms. The highest BCUT2D eigenvalue weighted by molar-refractivity contribution is 6.16. The Morgan fingerprint density at radius 1 is 1.17 bits per heavy atom. The maximum Gasteiger partial charge on any atom is 0.144 e. The highest BCUT2D eigenvalue weighted by Gasteiger charge is 2.15. The zero-order valence-corrected chi connectivity index (χ0v) is 11.7. The van der Waals surface area contributed by atoms with E-state index in [9.17, 15) is 0 Å². The van der Waals surface area contributed by atoms with Gasteiger partial charge in [0.15, 0.2) is 0 Å². The molecule has 0 amide bonds. The summed E-state index contributed by atoms with van der Waals surface area (Å²) in [6.07, 6.45) is 0. The molecule has 0 atom stereocenters. The van der Waals surface area contributed by atoms with Gasteiger partial charge in [-0.25, -0.2) is 0 Å². The van der Waals surface area contributed by atoms with Crippen molar-refractivity contribution >= 4 is 23.0 Å². The molecule has 4 N–H and O–H groups in total. The van der Waals surface area contributed by atoms with Crippen molar-refractivity contribution in [1.82, 2.24) is 0 Å². The summed E-state index contributed by atoms with van der Waals surface area (Å²) in [5.41, 5.74) is 6.89. The average Bonchev–Trinajstić information content (AvgIpc) is 2.33. The normalized spacial score (nSPS) is 8.94. The number of hydrogen-bond donors (Lipinski definition) is 3. The molecule has 1 aromatic rings. The van der Waals surface area contributed by atoms with Gasteiger partial charge in [0.1, 0.15) is 17.4 Å². The quantitative estimate of drug-likeness (QED) is 0.428. The number of nitrogens with two attached hydrogens (primary N) is 1. The molecule has 100 valence electrons. The van der Waals surface area contributed by atoms with Crippen molar-refractivity contribution in [3.8, 4) is 5.75 Å². The maximum atomic E-state index is 7.64. The molecular weight excluding hydrogens is 228 g/mol. The topological polar surface area (TPSA) is 86.2 Å². The van der Waals surface area contributed by atoms with Crippen molar-refractivity contribution < 1.29 is 4.74 Å². The highest BCUT2D eigenvalue weighted by atomic mass is 16.5. The van der Waals surface area contributed by atoms with Crippen LogP contribution in [0, 0.1) is 10.8 Å². The Balaban J connectivity index is 0.00000137. The average molecular weight is 250 g/mol. The first-order valence-corrected chi connectivity index (χ1v) is 5.81. The first-order chi connectivity index (χ1) is 8.47. The summed E-state index contributed by atoms with van der Waals surface area (Å²) in [4.78, 5) is 1.48. The van der Waals surface area contributed by atoms with Gasteiger partial charge in [-0.2, -0.15) is 0 Å². The lowest BCUT2D eigenvalue weighted by Gasteiger charge is -2.23. The largest absolute Gasteiger partial charge is 0.494 e. The molecule has 5 heteroatoms. The maximum absolute atomic E-state index is 7.64. The predicted molar refractivity (Wildman–Crippen MR) is 78.0 cm³/mol. The summed E-state index contributed by atoms with van der Waals surface area (Å²) < 4.78 is 5.19. The minimum atomic E-state index is 0.260. The number of nitrogens with zero attached hydrogens (tertiary/aromatic N) is 1. The molecule has 0 fully saturated rings. The summed E-state index contributed by atoms with van der Waals surface area (Å²) in [5, 5.41) is 15.3. The van der Waals surface area contributed by atoms with E-state index in [1.54, 1.807) is 32.0 Å². The molecule has 0 aliphatic carbocycles. The number of nitrogens with one attached hydrogen (secondary N) is 2. The van der Waals surface area contributed by atoms with Gasteiger partial charge in [0.25, 0.3) is 0 Å². The Labute approximate surface area is 109 Å². The smallest absolute Gasteiger partial charge is 0.144 e. The van der Waals surface area contributed by atoms with Gasteiger partial charge in [0.2, 0.25) is 0 Å². The molecule has 18 heavy (non-hydrogen) atoms. The Hall–Kier alpha value is -2.04. The lowest BCUT2D eigenvalue weighted by molar-refractivity contribution is 0.416. The number of ether oxygens (including phenoxy) is 1. The van der Waals surface area contributed by atoms with Gasteiger partial charge in [-0.1, -0.05) is 13.8 Å². The minimum Gasteiger partial charge on any atom is -0.494 e. The highest BCUT2D eigenvalue weighted by Crippen LogP contribution is 2.30. The third kappa shape index (κ3) is 3.76. The number of hydrogen-bond acceptors (Lipinski definition) is 4. The molecule has 5 nitrogen and oxygen atoms in total. The molecule has 0 spiro atoms. The van der Waals surface area contributed by atoms with E-state index in [4.69, 9.17) is 21.3 Å². The van der Waals surface area contributed by atoms with Crippen LogP contribution in [-0.4, -0.2) is 18.8 Å². The van der Waals surface area contributed by atoms with Gasteiger partial charge in [-0.3, -0.25) is 15.7 Å². The van der Waals surface area contributed by atoms with E-state index < -0.39 is 0 Å². The fourth-order valence-corrected chi connectivity index (χ4v) is 1.49. The number of rotatable bonds is 2. The van der Waals surface area contributed by atoms with Crippen LogP contribution in [0.4, 0.5) is 11.4 Å². The van der Waals surface area contributed by atoms with Gasteiger partial charge in [0.05, 0.1) is 12.8 Å². The van der Waals surface area contributed by atoms with Crippen LogP contribution in [0.2, 0.25) is 0 Å². The van der Waals surface area contributed by atoms with Crippen LogP contribution < -0.4 is 15.4 Å². The second-order valence-corrected chi connectivity index (χ2v) is 3.44. The molecule has 0 aromatic heterocycles. The van der Waals surface area contributed by atoms with Crippen molar-refractivity contribution in [2.75, 3.05) is 17.7 Å². The van der Waals surface area contributed by atoms with Gasteiger partial charge in [-0.15, -0.1) is 0 Å². The number of anilines is 2. The molecule has 1 aromatic carbocycles. The van der Waals surface area contributed by atoms with Crippen LogP contribution in [0.5, 0.6) is 5.75 Å². The standard InChI is InChI=1S/C11H16N4O.C2H6/c1-7(12)15(8(2)13)10-5-4-9(14)6-11(10)16-3;1-2/h4-6,12-13H,14H2,1-3H3;1-2H3. The molecule has 0 unspecified atom stereocenters. The SMILES string of the molecule is CC.COc1cc(N)ccc1N(C(C)=N)C(C)=N. The summed E-state index contributed by atoms with van der Waals surface area (Å²) in [5.74, 6) is 1.07. The predicted octanol–water partition coefficient (Wildman–Crippen LogP) is 3.10. The fourth-order valence-electron chi connectivity index (χ4n) is 1.49. The molecular formula is C13H22N4O. The molecule has 0 radical (unpaired) electrons. The van der Waals surface area contributed by atoms with E-state index in [-0.39, 0.29) is 11.7 Å². The lowest BCUT2D eigenvalue weighted by Crippen LogP contribution is -2.32. The number of nitrogen functional groups attached to an aromatic ring is 1. The van der Waals surface area contributed by atoms with Crippen molar-refractivity contribution in [1.29, 1.82) is 10.8 Å². The van der Waals surface area contributed by atoms with Gasteiger partial charge < -0.3 is 10.5 Å². The van der Waals surface area contributed by atoms with E-state index in [2.05, 4.69) is 0 Å². The summed E-state index contributed by atoms with van der Waals surface area (Å²) >= 11 is 0. The van der Waals surface area contributed by atoms with E-state index >= 15 is 0 Å². The molecule has 1 rings (SSSR count). The zero-order chi connectivity index (χ0) is 14.3. The number of amidine groups is 2. The molecule has 0 aliphatic rings. The van der Waals surface area contributed by atoms with Gasteiger partial charge >= 0.3 is 0 Å². The van der Waals surface area contributed by atoms with Crippen LogP contribution in [0.3, 0.4) is 0 Å². The Bertz CT molecular complexity index is 415. The van der Waals surface area contributed by atoms with Crippen LogP contribution in [-0.2, 0) is 0 Å². The molecule has 0 saturated heterocycles. The van der Waals surface area contributed by atoms with Crippen LogP contribution in [0.25, 0.3) is 0 Å². The summed E-state index contributed by atoms with van der Waals surface area (Å²) in [6.45, 7) is 7.24. The van der Waals surface area contributed by atoms with E-state index in [0.717, 1.165) is 0 Å². The summed E-state index contributed by atoms with van der Waals surface area (Å²) in [7, 11) is 1.54. The molecule has 0 saturated carbocycles. The van der Waals surface area contributed by atoms with Crippen LogP contribution in [0.15, 0.2) is 18.2 Å². The summed E-state index contributed by atoms with van der Waals surface area (Å²) in [6, 6.07) is 5.13. The number of methoxy groups -OCH3 is 1. The number of benzene rings is 1. The second-order valence-electron chi connectivity index (χ2n) is 3.44. The van der Waals surface area contributed by atoms with Gasteiger partial charge in [-0.05, 0) is 26.0 Å². The Morgan fingerprint density at radius 2 is 1.67 bits per heavy atom. The first-order valence-electron chi connectivity index (χ1n) is 5.81. The van der Waals surface area contributed by atoms with Gasteiger partial charge in [0, 0.05) is 11.8 Å². The minimum absolute atomic E-state index is 0.260. The van der Waals surface area contributed by atoms with Crippen molar-refractivity contribution in [3.63, 3.8) is 0 Å². The van der Waals surface area contributed by atoms with E-state index in [1.807, 2.05) is 13.8 Å². The van der Waals surface area contributed by atoms with Crippen molar-refractivity contribution in [2.24, 2.45) is 0 Å². The Kier molecular flexibility index (Phi) is 6.49. The van der Waals surface area contributed by atoms with E-state index in [1.165, 1.54) is 12.0 Å². The zero-order valence-electron chi connectivity index (χ0n) is 11.7. The third-order valence-corrected chi connectivity index (χ3v) is 2.12. The van der Waals surface area contributed by atoms with Crippen LogP contribution >= 0.6 is 0 Å². The molecule has 0 heterocycles. The lowest BCUT2D eigenvalue weighted by atomic mass is 10.2. The van der Waals surface area contributed by atoms with Crippen molar-refractivity contribution in [3.05, 3.63) is 18.2 Å². The third-order valence-electron chi connectivity index (χ3n) is 2.12. The van der Waals surface area contributed by atoms with Crippen LogP contribution in [0.1, 0.15) is 27.7 Å².